The van der Waals surface area contributed by atoms with E-state index in [4.69, 9.17) is 10.8 Å². The molecule has 1 aliphatic carbocycles. The number of para-hydroxylation sites is 1. The van der Waals surface area contributed by atoms with Crippen LogP contribution in [0.4, 0.5) is 16.2 Å². The average molecular weight is 609 g/mol. The van der Waals surface area contributed by atoms with E-state index in [1.165, 1.54) is 0 Å². The summed E-state index contributed by atoms with van der Waals surface area (Å²) in [6, 6.07) is 12.5. The second-order valence-electron chi connectivity index (χ2n) is 10.9. The molecule has 0 aliphatic heterocycles. The number of carbonyl (C=O) groups excluding carboxylic acids is 5. The highest BCUT2D eigenvalue weighted by Gasteiger charge is 2.40. The van der Waals surface area contributed by atoms with Gasteiger partial charge in [0.05, 0.1) is 13.0 Å². The van der Waals surface area contributed by atoms with E-state index in [2.05, 4.69) is 26.6 Å². The molecule has 1 saturated carbocycles. The smallest absolute Gasteiger partial charge is 0.323 e. The van der Waals surface area contributed by atoms with Crippen LogP contribution >= 0.6 is 0 Å². The Morgan fingerprint density at radius 2 is 1.59 bits per heavy atom. The second-order valence-corrected chi connectivity index (χ2v) is 10.9. The van der Waals surface area contributed by atoms with Crippen molar-refractivity contribution in [3.63, 3.8) is 0 Å². The number of aryl methyl sites for hydroxylation is 1. The Bertz CT molecular complexity index is 1360. The molecule has 13 nitrogen and oxygen atoms in total. The molecule has 0 saturated heterocycles. The predicted molar refractivity (Wildman–Crippen MR) is 164 cm³/mol. The van der Waals surface area contributed by atoms with Gasteiger partial charge in [0.15, 0.2) is 0 Å². The Morgan fingerprint density at radius 3 is 2.23 bits per heavy atom. The molecule has 0 radical (unpaired) electrons. The molecule has 2 aromatic carbocycles. The first-order valence-electron chi connectivity index (χ1n) is 14.6. The minimum atomic E-state index is -1.21. The third-order valence-corrected chi connectivity index (χ3v) is 7.49. The van der Waals surface area contributed by atoms with Crippen molar-refractivity contribution in [3.05, 3.63) is 59.7 Å². The molecule has 13 heteroatoms. The number of rotatable bonds is 14. The van der Waals surface area contributed by atoms with E-state index < -0.39 is 53.8 Å². The van der Waals surface area contributed by atoms with Crippen molar-refractivity contribution in [3.8, 4) is 0 Å². The van der Waals surface area contributed by atoms with E-state index in [1.807, 2.05) is 25.1 Å². The molecular weight excluding hydrogens is 568 g/mol. The molecule has 1 atom stereocenters. The molecule has 3 rings (SSSR count). The van der Waals surface area contributed by atoms with Gasteiger partial charge < -0.3 is 37.4 Å². The number of carboxylic acid groups (broad SMARTS) is 1. The van der Waals surface area contributed by atoms with Gasteiger partial charge >= 0.3 is 12.0 Å². The lowest BCUT2D eigenvalue weighted by molar-refractivity contribution is -0.137. The number of carbonyl (C=O) groups is 6. The maximum Gasteiger partial charge on any atom is 0.323 e. The third-order valence-electron chi connectivity index (χ3n) is 7.49. The summed E-state index contributed by atoms with van der Waals surface area (Å²) in [5, 5.41) is 22.2. The number of anilines is 2. The molecule has 0 unspecified atom stereocenters. The molecule has 8 N–H and O–H groups in total. The monoisotopic (exact) mass is 608 g/mol. The molecule has 6 amide bonds. The van der Waals surface area contributed by atoms with Crippen molar-refractivity contribution in [2.45, 2.75) is 76.3 Å². The number of hydrogen-bond donors (Lipinski definition) is 7. The average Bonchev–Trinajstić information content (AvgIpc) is 2.98. The second kappa shape index (κ2) is 16.1. The van der Waals surface area contributed by atoms with Gasteiger partial charge in [0.1, 0.15) is 11.6 Å². The van der Waals surface area contributed by atoms with Crippen LogP contribution < -0.4 is 32.3 Å². The number of urea groups is 1. The highest BCUT2D eigenvalue weighted by atomic mass is 16.4. The Morgan fingerprint density at radius 1 is 0.909 bits per heavy atom. The van der Waals surface area contributed by atoms with Gasteiger partial charge in [-0.15, -0.1) is 0 Å². The Labute approximate surface area is 255 Å². The van der Waals surface area contributed by atoms with E-state index in [-0.39, 0.29) is 25.7 Å². The van der Waals surface area contributed by atoms with Crippen molar-refractivity contribution in [1.82, 2.24) is 16.0 Å². The summed E-state index contributed by atoms with van der Waals surface area (Å²) in [7, 11) is 0. The van der Waals surface area contributed by atoms with Crippen LogP contribution in [0.2, 0.25) is 0 Å². The SMILES string of the molecule is Cc1ccccc1NC(=O)Nc1ccc(CC(=O)NCC(=O)N[C@@H](CCCC(=O)O)C(=O)NC2(C(N)=O)CCCCC2)cc1. The van der Waals surface area contributed by atoms with Crippen LogP contribution in [0.25, 0.3) is 0 Å². The molecule has 0 heterocycles. The fraction of sp³-hybridized carbons (Fsp3) is 0.419. The quantitative estimate of drug-likeness (QED) is 0.170. The lowest BCUT2D eigenvalue weighted by Crippen LogP contribution is -2.62. The van der Waals surface area contributed by atoms with Crippen LogP contribution in [0.15, 0.2) is 48.5 Å². The van der Waals surface area contributed by atoms with Gasteiger partial charge in [0, 0.05) is 17.8 Å². The Hall–Kier alpha value is -4.94. The number of benzene rings is 2. The number of aliphatic carboxylic acids is 1. The summed E-state index contributed by atoms with van der Waals surface area (Å²) in [6.07, 6.45) is 3.01. The Balaban J connectivity index is 1.49. The van der Waals surface area contributed by atoms with Crippen LogP contribution in [-0.4, -0.2) is 58.9 Å². The molecule has 44 heavy (non-hydrogen) atoms. The van der Waals surface area contributed by atoms with Gasteiger partial charge in [0.2, 0.25) is 23.6 Å². The van der Waals surface area contributed by atoms with Crippen molar-refractivity contribution >= 4 is 47.0 Å². The zero-order chi connectivity index (χ0) is 32.1. The van der Waals surface area contributed by atoms with Crippen molar-refractivity contribution < 1.29 is 33.9 Å². The van der Waals surface area contributed by atoms with Crippen LogP contribution in [0.1, 0.15) is 62.5 Å². The summed E-state index contributed by atoms with van der Waals surface area (Å²) in [5.74, 6) is -3.41. The van der Waals surface area contributed by atoms with Gasteiger partial charge in [-0.3, -0.25) is 24.0 Å². The normalized spacial score (nSPS) is 14.4. The fourth-order valence-electron chi connectivity index (χ4n) is 5.01. The summed E-state index contributed by atoms with van der Waals surface area (Å²) >= 11 is 0. The minimum absolute atomic E-state index is 0.0238. The topological polar surface area (TPSA) is 209 Å². The van der Waals surface area contributed by atoms with E-state index in [1.54, 1.807) is 30.3 Å². The summed E-state index contributed by atoms with van der Waals surface area (Å²) in [5.41, 5.74) is 7.18. The number of hydrogen-bond acceptors (Lipinski definition) is 6. The van der Waals surface area contributed by atoms with E-state index in [9.17, 15) is 28.8 Å². The molecule has 0 bridgehead atoms. The summed E-state index contributed by atoms with van der Waals surface area (Å²) < 4.78 is 0. The third kappa shape index (κ3) is 10.4. The first-order chi connectivity index (χ1) is 21.0. The van der Waals surface area contributed by atoms with Crippen molar-refractivity contribution in [2.24, 2.45) is 5.73 Å². The lowest BCUT2D eigenvalue weighted by Gasteiger charge is -2.36. The van der Waals surface area contributed by atoms with E-state index in [0.29, 0.717) is 42.6 Å². The van der Waals surface area contributed by atoms with Crippen LogP contribution in [0.5, 0.6) is 0 Å². The highest BCUT2D eigenvalue weighted by Crippen LogP contribution is 2.28. The lowest BCUT2D eigenvalue weighted by atomic mass is 9.80. The number of nitrogens with two attached hydrogens (primary N) is 1. The number of primary amides is 1. The van der Waals surface area contributed by atoms with E-state index >= 15 is 0 Å². The van der Waals surface area contributed by atoms with Crippen LogP contribution in [0, 0.1) is 6.92 Å². The fourth-order valence-corrected chi connectivity index (χ4v) is 5.01. The van der Waals surface area contributed by atoms with Gasteiger partial charge in [-0.2, -0.15) is 0 Å². The minimum Gasteiger partial charge on any atom is -0.481 e. The van der Waals surface area contributed by atoms with Gasteiger partial charge in [0.25, 0.3) is 0 Å². The zero-order valence-electron chi connectivity index (χ0n) is 24.7. The molecule has 0 aromatic heterocycles. The summed E-state index contributed by atoms with van der Waals surface area (Å²) in [6.45, 7) is 1.47. The predicted octanol–water partition coefficient (Wildman–Crippen LogP) is 2.34. The number of amides is 6. The van der Waals surface area contributed by atoms with Crippen LogP contribution in [-0.2, 0) is 30.4 Å². The molecule has 1 aliphatic rings. The molecule has 0 spiro atoms. The van der Waals surface area contributed by atoms with Crippen molar-refractivity contribution in [1.29, 1.82) is 0 Å². The van der Waals surface area contributed by atoms with Gasteiger partial charge in [-0.25, -0.2) is 4.79 Å². The Kier molecular flexibility index (Phi) is 12.2. The molecule has 2 aromatic rings. The first-order valence-corrected chi connectivity index (χ1v) is 14.6. The van der Waals surface area contributed by atoms with Crippen LogP contribution in [0.3, 0.4) is 0 Å². The van der Waals surface area contributed by atoms with E-state index in [0.717, 1.165) is 12.0 Å². The largest absolute Gasteiger partial charge is 0.481 e. The number of nitrogens with one attached hydrogen (secondary N) is 5. The maximum absolute atomic E-state index is 13.1. The highest BCUT2D eigenvalue weighted by molar-refractivity contribution is 6.00. The standard InChI is InChI=1S/C31H40N6O7/c1-20-8-3-4-9-23(20)36-30(44)34-22-14-12-21(13-15-22)18-25(38)33-19-26(39)35-24(10-7-11-27(40)41)28(42)37-31(29(32)43)16-5-2-6-17-31/h3-4,8-9,12-15,24H,2,5-7,10-11,16-19H2,1H3,(H2,32,43)(H,33,38)(H,35,39)(H,37,42)(H,40,41)(H2,34,36,44)/t24-/m0/s1. The summed E-state index contributed by atoms with van der Waals surface area (Å²) in [4.78, 5) is 73.8. The molecular formula is C31H40N6O7. The van der Waals surface area contributed by atoms with Gasteiger partial charge in [-0.1, -0.05) is 49.6 Å². The first kappa shape index (κ1) is 33.6. The molecule has 236 valence electrons. The maximum atomic E-state index is 13.1. The van der Waals surface area contributed by atoms with Gasteiger partial charge in [-0.05, 0) is 61.9 Å². The molecule has 1 fully saturated rings. The zero-order valence-corrected chi connectivity index (χ0v) is 24.7. The number of carboxylic acids is 1. The van der Waals surface area contributed by atoms with Crippen molar-refractivity contribution in [2.75, 3.05) is 17.2 Å².